The second-order valence-electron chi connectivity index (χ2n) is 4.95. The van der Waals surface area contributed by atoms with Gasteiger partial charge in [0.05, 0.1) is 12.2 Å². The maximum atomic E-state index is 11.0. The summed E-state index contributed by atoms with van der Waals surface area (Å²) in [5, 5.41) is 11.0. The topological polar surface area (TPSA) is 29.5 Å². The SMILES string of the molecule is CCCC(O)(c1ccccc1)C1CCCOC1. The maximum Gasteiger partial charge on any atom is 0.0946 e. The van der Waals surface area contributed by atoms with Gasteiger partial charge in [-0.3, -0.25) is 0 Å². The van der Waals surface area contributed by atoms with Crippen molar-refractivity contribution in [3.8, 4) is 0 Å². The average molecular weight is 234 g/mol. The van der Waals surface area contributed by atoms with Gasteiger partial charge in [-0.05, 0) is 24.8 Å². The molecular formula is C15H22O2. The third-order valence-electron chi connectivity index (χ3n) is 3.74. The molecule has 0 aromatic heterocycles. The summed E-state index contributed by atoms with van der Waals surface area (Å²) in [4.78, 5) is 0. The molecule has 2 nitrogen and oxygen atoms in total. The number of aliphatic hydroxyl groups is 1. The van der Waals surface area contributed by atoms with E-state index in [0.29, 0.717) is 6.61 Å². The van der Waals surface area contributed by atoms with Crippen molar-refractivity contribution < 1.29 is 9.84 Å². The summed E-state index contributed by atoms with van der Waals surface area (Å²) in [6, 6.07) is 10.1. The van der Waals surface area contributed by atoms with Crippen molar-refractivity contribution >= 4 is 0 Å². The Labute approximate surface area is 104 Å². The first kappa shape index (κ1) is 12.6. The van der Waals surface area contributed by atoms with E-state index < -0.39 is 5.60 Å². The lowest BCUT2D eigenvalue weighted by Crippen LogP contribution is -2.40. The number of ether oxygens (including phenoxy) is 1. The molecule has 1 aliphatic heterocycles. The maximum absolute atomic E-state index is 11.0. The van der Waals surface area contributed by atoms with Crippen molar-refractivity contribution in [1.29, 1.82) is 0 Å². The summed E-state index contributed by atoms with van der Waals surface area (Å²) >= 11 is 0. The summed E-state index contributed by atoms with van der Waals surface area (Å²) in [6.07, 6.45) is 3.92. The third kappa shape index (κ3) is 2.70. The summed E-state index contributed by atoms with van der Waals surface area (Å²) in [7, 11) is 0. The van der Waals surface area contributed by atoms with Crippen molar-refractivity contribution in [1.82, 2.24) is 0 Å². The van der Waals surface area contributed by atoms with Gasteiger partial charge in [0.2, 0.25) is 0 Å². The molecule has 0 spiro atoms. The Morgan fingerprint density at radius 2 is 2.12 bits per heavy atom. The zero-order valence-electron chi connectivity index (χ0n) is 10.6. The van der Waals surface area contributed by atoms with E-state index in [-0.39, 0.29) is 5.92 Å². The highest BCUT2D eigenvalue weighted by atomic mass is 16.5. The van der Waals surface area contributed by atoms with Gasteiger partial charge in [-0.15, -0.1) is 0 Å². The van der Waals surface area contributed by atoms with Gasteiger partial charge >= 0.3 is 0 Å². The van der Waals surface area contributed by atoms with Crippen molar-refractivity contribution in [2.45, 2.75) is 38.2 Å². The van der Waals surface area contributed by atoms with Crippen LogP contribution in [0.2, 0.25) is 0 Å². The molecule has 0 radical (unpaired) electrons. The average Bonchev–Trinajstić information content (AvgIpc) is 2.41. The molecule has 0 saturated carbocycles. The molecular weight excluding hydrogens is 212 g/mol. The van der Waals surface area contributed by atoms with Gasteiger partial charge in [-0.1, -0.05) is 43.7 Å². The minimum Gasteiger partial charge on any atom is -0.385 e. The highest BCUT2D eigenvalue weighted by Crippen LogP contribution is 2.38. The fourth-order valence-corrected chi connectivity index (χ4v) is 2.81. The van der Waals surface area contributed by atoms with E-state index in [0.717, 1.165) is 37.9 Å². The summed E-state index contributed by atoms with van der Waals surface area (Å²) in [5.74, 6) is 0.235. The Morgan fingerprint density at radius 1 is 1.35 bits per heavy atom. The number of rotatable bonds is 4. The van der Waals surface area contributed by atoms with E-state index in [4.69, 9.17) is 4.74 Å². The fourth-order valence-electron chi connectivity index (χ4n) is 2.81. The molecule has 17 heavy (non-hydrogen) atoms. The predicted molar refractivity (Wildman–Crippen MR) is 68.8 cm³/mol. The third-order valence-corrected chi connectivity index (χ3v) is 3.74. The van der Waals surface area contributed by atoms with Crippen LogP contribution >= 0.6 is 0 Å². The highest BCUT2D eigenvalue weighted by molar-refractivity contribution is 5.23. The minimum absolute atomic E-state index is 0.235. The molecule has 2 heteroatoms. The van der Waals surface area contributed by atoms with Gasteiger partial charge in [0.15, 0.2) is 0 Å². The molecule has 1 aromatic carbocycles. The smallest absolute Gasteiger partial charge is 0.0946 e. The van der Waals surface area contributed by atoms with E-state index in [1.54, 1.807) is 0 Å². The van der Waals surface area contributed by atoms with Gasteiger partial charge in [0, 0.05) is 12.5 Å². The van der Waals surface area contributed by atoms with Gasteiger partial charge in [0.25, 0.3) is 0 Å². The van der Waals surface area contributed by atoms with Crippen molar-refractivity contribution in [3.05, 3.63) is 35.9 Å². The molecule has 0 amide bonds. The van der Waals surface area contributed by atoms with Crippen LogP contribution < -0.4 is 0 Å². The van der Waals surface area contributed by atoms with Crippen molar-refractivity contribution in [2.75, 3.05) is 13.2 Å². The van der Waals surface area contributed by atoms with Crippen LogP contribution in [0.25, 0.3) is 0 Å². The molecule has 94 valence electrons. The minimum atomic E-state index is -0.712. The second-order valence-corrected chi connectivity index (χ2v) is 4.95. The fraction of sp³-hybridized carbons (Fsp3) is 0.600. The van der Waals surface area contributed by atoms with Crippen molar-refractivity contribution in [3.63, 3.8) is 0 Å². The lowest BCUT2D eigenvalue weighted by Gasteiger charge is -2.38. The highest BCUT2D eigenvalue weighted by Gasteiger charge is 2.38. The first-order valence-corrected chi connectivity index (χ1v) is 6.63. The first-order chi connectivity index (χ1) is 8.27. The molecule has 1 heterocycles. The lowest BCUT2D eigenvalue weighted by atomic mass is 9.76. The number of hydrogen-bond acceptors (Lipinski definition) is 2. The molecule has 2 unspecified atom stereocenters. The standard InChI is InChI=1S/C15H22O2/c1-2-10-15(16,13-7-4-3-5-8-13)14-9-6-11-17-12-14/h3-5,7-8,14,16H,2,6,9-12H2,1H3. The Hall–Kier alpha value is -0.860. The molecule has 2 atom stereocenters. The van der Waals surface area contributed by atoms with Crippen LogP contribution in [0, 0.1) is 5.92 Å². The van der Waals surface area contributed by atoms with Gasteiger partial charge in [-0.2, -0.15) is 0 Å². The van der Waals surface area contributed by atoms with Crippen LogP contribution in [0.3, 0.4) is 0 Å². The monoisotopic (exact) mass is 234 g/mol. The molecule has 2 rings (SSSR count). The van der Waals surface area contributed by atoms with E-state index in [1.165, 1.54) is 0 Å². The van der Waals surface area contributed by atoms with Crippen LogP contribution in [-0.4, -0.2) is 18.3 Å². The van der Waals surface area contributed by atoms with Crippen LogP contribution in [0.15, 0.2) is 30.3 Å². The molecule has 0 aliphatic carbocycles. The lowest BCUT2D eigenvalue weighted by molar-refractivity contribution is -0.0894. The second kappa shape index (κ2) is 5.65. The normalized spacial score (nSPS) is 24.2. The summed E-state index contributed by atoms with van der Waals surface area (Å²) in [6.45, 7) is 3.65. The molecule has 1 aromatic rings. The van der Waals surface area contributed by atoms with Crippen molar-refractivity contribution in [2.24, 2.45) is 5.92 Å². The summed E-state index contributed by atoms with van der Waals surface area (Å²) in [5.41, 5.74) is 0.327. The first-order valence-electron chi connectivity index (χ1n) is 6.63. The molecule has 1 N–H and O–H groups in total. The zero-order chi connectivity index (χ0) is 12.1. The molecule has 1 aliphatic rings. The quantitative estimate of drug-likeness (QED) is 0.867. The Balaban J connectivity index is 2.24. The van der Waals surface area contributed by atoms with E-state index in [1.807, 2.05) is 30.3 Å². The van der Waals surface area contributed by atoms with E-state index in [2.05, 4.69) is 6.92 Å². The molecule has 1 saturated heterocycles. The number of benzene rings is 1. The Morgan fingerprint density at radius 3 is 2.71 bits per heavy atom. The van der Waals surface area contributed by atoms with E-state index >= 15 is 0 Å². The van der Waals surface area contributed by atoms with E-state index in [9.17, 15) is 5.11 Å². The Bertz CT molecular complexity index is 330. The summed E-state index contributed by atoms with van der Waals surface area (Å²) < 4.78 is 5.54. The van der Waals surface area contributed by atoms with Crippen LogP contribution in [-0.2, 0) is 10.3 Å². The van der Waals surface area contributed by atoms with Gasteiger partial charge in [-0.25, -0.2) is 0 Å². The molecule has 0 bridgehead atoms. The Kier molecular flexibility index (Phi) is 4.19. The van der Waals surface area contributed by atoms with Crippen LogP contribution in [0.5, 0.6) is 0 Å². The molecule has 1 fully saturated rings. The number of hydrogen-bond donors (Lipinski definition) is 1. The van der Waals surface area contributed by atoms with Gasteiger partial charge < -0.3 is 9.84 Å². The predicted octanol–water partition coefficient (Wildman–Crippen LogP) is 3.10. The zero-order valence-corrected chi connectivity index (χ0v) is 10.6. The van der Waals surface area contributed by atoms with Gasteiger partial charge in [0.1, 0.15) is 0 Å². The largest absolute Gasteiger partial charge is 0.385 e. The van der Waals surface area contributed by atoms with Crippen LogP contribution in [0.4, 0.5) is 0 Å². The van der Waals surface area contributed by atoms with Crippen LogP contribution in [0.1, 0.15) is 38.2 Å².